The summed E-state index contributed by atoms with van der Waals surface area (Å²) in [6, 6.07) is 22.4. The molecule has 1 atom stereocenters. The summed E-state index contributed by atoms with van der Waals surface area (Å²) < 4.78 is 0. The molecule has 1 saturated carbocycles. The van der Waals surface area contributed by atoms with Gasteiger partial charge in [0.15, 0.2) is 0 Å². The molecule has 0 heterocycles. The first-order valence-electron chi connectivity index (χ1n) is 7.69. The molecule has 0 spiro atoms. The molecule has 104 valence electrons. The molecule has 20 heavy (non-hydrogen) atoms. The monoisotopic (exact) mass is 265 g/mol. The Labute approximate surface area is 122 Å². The Kier molecular flexibility index (Phi) is 4.17. The van der Waals surface area contributed by atoms with E-state index in [0.717, 1.165) is 5.92 Å². The summed E-state index contributed by atoms with van der Waals surface area (Å²) in [5.74, 6) is 0.963. The molecule has 1 nitrogen and oxygen atoms in total. The Morgan fingerprint density at radius 2 is 1.40 bits per heavy atom. The fourth-order valence-electron chi connectivity index (χ4n) is 2.88. The highest BCUT2D eigenvalue weighted by atomic mass is 14.9. The van der Waals surface area contributed by atoms with Crippen molar-refractivity contribution < 1.29 is 0 Å². The number of rotatable bonds is 6. The van der Waals surface area contributed by atoms with Crippen LogP contribution in [0.1, 0.15) is 43.4 Å². The standard InChI is InChI=1S/C19H23N/c1-15(14-16-12-13-16)20-19(17-8-4-2-5-9-17)18-10-6-3-7-11-18/h2-11,15-16,19-20H,12-14H2,1H3. The molecule has 0 bridgehead atoms. The van der Waals surface area contributed by atoms with Gasteiger partial charge in [0, 0.05) is 6.04 Å². The van der Waals surface area contributed by atoms with E-state index in [1.165, 1.54) is 30.4 Å². The Morgan fingerprint density at radius 1 is 0.900 bits per heavy atom. The van der Waals surface area contributed by atoms with Crippen LogP contribution in [0.5, 0.6) is 0 Å². The van der Waals surface area contributed by atoms with E-state index in [2.05, 4.69) is 72.9 Å². The Morgan fingerprint density at radius 3 is 1.85 bits per heavy atom. The number of hydrogen-bond donors (Lipinski definition) is 1. The molecule has 0 radical (unpaired) electrons. The van der Waals surface area contributed by atoms with E-state index >= 15 is 0 Å². The van der Waals surface area contributed by atoms with Gasteiger partial charge in [0.2, 0.25) is 0 Å². The van der Waals surface area contributed by atoms with Gasteiger partial charge >= 0.3 is 0 Å². The first-order chi connectivity index (χ1) is 9.83. The molecule has 1 heteroatoms. The third-order valence-electron chi connectivity index (χ3n) is 4.10. The van der Waals surface area contributed by atoms with Crippen LogP contribution < -0.4 is 5.32 Å². The van der Waals surface area contributed by atoms with Gasteiger partial charge < -0.3 is 5.32 Å². The lowest BCUT2D eigenvalue weighted by molar-refractivity contribution is 0.453. The van der Waals surface area contributed by atoms with Crippen molar-refractivity contribution in [2.45, 2.75) is 38.3 Å². The Balaban J connectivity index is 1.79. The third-order valence-corrected chi connectivity index (χ3v) is 4.10. The first kappa shape index (κ1) is 13.4. The van der Waals surface area contributed by atoms with E-state index in [0.29, 0.717) is 12.1 Å². The molecule has 2 aromatic carbocycles. The average Bonchev–Trinajstić information content (AvgIpc) is 3.30. The van der Waals surface area contributed by atoms with Gasteiger partial charge in [0.25, 0.3) is 0 Å². The van der Waals surface area contributed by atoms with E-state index < -0.39 is 0 Å². The zero-order valence-corrected chi connectivity index (χ0v) is 12.1. The lowest BCUT2D eigenvalue weighted by Crippen LogP contribution is -2.31. The van der Waals surface area contributed by atoms with Crippen molar-refractivity contribution in [2.75, 3.05) is 0 Å². The fourth-order valence-corrected chi connectivity index (χ4v) is 2.88. The van der Waals surface area contributed by atoms with Crippen molar-refractivity contribution in [1.82, 2.24) is 5.32 Å². The molecule has 2 aromatic rings. The van der Waals surface area contributed by atoms with Crippen LogP contribution in [0.15, 0.2) is 60.7 Å². The summed E-state index contributed by atoms with van der Waals surface area (Å²) in [4.78, 5) is 0. The van der Waals surface area contributed by atoms with Gasteiger partial charge in [-0.2, -0.15) is 0 Å². The number of hydrogen-bond acceptors (Lipinski definition) is 1. The van der Waals surface area contributed by atoms with Crippen molar-refractivity contribution >= 4 is 0 Å². The summed E-state index contributed by atoms with van der Waals surface area (Å²) in [6.07, 6.45) is 4.15. The maximum atomic E-state index is 3.82. The van der Waals surface area contributed by atoms with Crippen LogP contribution in [0.2, 0.25) is 0 Å². The highest BCUT2D eigenvalue weighted by Gasteiger charge is 2.25. The zero-order chi connectivity index (χ0) is 13.8. The fraction of sp³-hybridized carbons (Fsp3) is 0.368. The molecular formula is C19H23N. The molecule has 0 aromatic heterocycles. The van der Waals surface area contributed by atoms with Crippen molar-refractivity contribution in [3.63, 3.8) is 0 Å². The number of benzene rings is 2. The van der Waals surface area contributed by atoms with Crippen molar-refractivity contribution in [3.05, 3.63) is 71.8 Å². The van der Waals surface area contributed by atoms with Gasteiger partial charge in [-0.25, -0.2) is 0 Å². The lowest BCUT2D eigenvalue weighted by Gasteiger charge is -2.24. The average molecular weight is 265 g/mol. The molecule has 1 aliphatic carbocycles. The minimum atomic E-state index is 0.297. The minimum Gasteiger partial charge on any atom is -0.304 e. The van der Waals surface area contributed by atoms with Crippen LogP contribution >= 0.6 is 0 Å². The van der Waals surface area contributed by atoms with Crippen LogP contribution in [0.25, 0.3) is 0 Å². The predicted molar refractivity (Wildman–Crippen MR) is 84.7 cm³/mol. The minimum absolute atomic E-state index is 0.297. The maximum absolute atomic E-state index is 3.82. The first-order valence-corrected chi connectivity index (χ1v) is 7.69. The summed E-state index contributed by atoms with van der Waals surface area (Å²) in [5, 5.41) is 3.82. The molecule has 1 aliphatic rings. The van der Waals surface area contributed by atoms with Crippen LogP contribution in [-0.4, -0.2) is 6.04 Å². The maximum Gasteiger partial charge on any atom is 0.0578 e. The highest BCUT2D eigenvalue weighted by Crippen LogP contribution is 2.34. The van der Waals surface area contributed by atoms with E-state index in [1.807, 2.05) is 0 Å². The van der Waals surface area contributed by atoms with Crippen molar-refractivity contribution in [1.29, 1.82) is 0 Å². The second-order valence-electron chi connectivity index (χ2n) is 6.00. The smallest absolute Gasteiger partial charge is 0.0578 e. The highest BCUT2D eigenvalue weighted by molar-refractivity contribution is 5.31. The largest absolute Gasteiger partial charge is 0.304 e. The van der Waals surface area contributed by atoms with Gasteiger partial charge in [-0.15, -0.1) is 0 Å². The Bertz CT molecular complexity index is 476. The number of nitrogens with one attached hydrogen (secondary N) is 1. The molecule has 0 amide bonds. The lowest BCUT2D eigenvalue weighted by atomic mass is 9.97. The van der Waals surface area contributed by atoms with E-state index in [1.54, 1.807) is 0 Å². The molecular weight excluding hydrogens is 242 g/mol. The van der Waals surface area contributed by atoms with Gasteiger partial charge in [0.1, 0.15) is 0 Å². The van der Waals surface area contributed by atoms with Crippen LogP contribution in [0.3, 0.4) is 0 Å². The SMILES string of the molecule is CC(CC1CC1)NC(c1ccccc1)c1ccccc1. The molecule has 1 N–H and O–H groups in total. The van der Waals surface area contributed by atoms with Gasteiger partial charge in [-0.1, -0.05) is 73.5 Å². The van der Waals surface area contributed by atoms with E-state index in [-0.39, 0.29) is 0 Å². The van der Waals surface area contributed by atoms with Crippen molar-refractivity contribution in [3.8, 4) is 0 Å². The Hall–Kier alpha value is -1.60. The second kappa shape index (κ2) is 6.23. The molecule has 3 rings (SSSR count). The second-order valence-corrected chi connectivity index (χ2v) is 6.00. The van der Waals surface area contributed by atoms with Gasteiger partial charge in [0.05, 0.1) is 6.04 Å². The van der Waals surface area contributed by atoms with Crippen LogP contribution in [0.4, 0.5) is 0 Å². The molecule has 1 fully saturated rings. The summed E-state index contributed by atoms with van der Waals surface area (Å²) in [5.41, 5.74) is 2.70. The topological polar surface area (TPSA) is 12.0 Å². The quantitative estimate of drug-likeness (QED) is 0.807. The van der Waals surface area contributed by atoms with E-state index in [9.17, 15) is 0 Å². The summed E-state index contributed by atoms with van der Waals surface area (Å²) in [6.45, 7) is 2.32. The van der Waals surface area contributed by atoms with Crippen molar-refractivity contribution in [2.24, 2.45) is 5.92 Å². The summed E-state index contributed by atoms with van der Waals surface area (Å²) in [7, 11) is 0. The zero-order valence-electron chi connectivity index (χ0n) is 12.1. The van der Waals surface area contributed by atoms with Crippen LogP contribution in [-0.2, 0) is 0 Å². The summed E-state index contributed by atoms with van der Waals surface area (Å²) >= 11 is 0. The van der Waals surface area contributed by atoms with E-state index in [4.69, 9.17) is 0 Å². The van der Waals surface area contributed by atoms with Crippen LogP contribution in [0, 0.1) is 5.92 Å². The molecule has 1 unspecified atom stereocenters. The molecule has 0 saturated heterocycles. The van der Waals surface area contributed by atoms with Gasteiger partial charge in [-0.3, -0.25) is 0 Å². The third kappa shape index (κ3) is 3.49. The van der Waals surface area contributed by atoms with Gasteiger partial charge in [-0.05, 0) is 30.4 Å². The normalized spacial score (nSPS) is 16.3. The predicted octanol–water partition coefficient (Wildman–Crippen LogP) is 4.55. The molecule has 0 aliphatic heterocycles.